The van der Waals surface area contributed by atoms with Crippen LogP contribution in [-0.4, -0.2) is 8.42 Å². The number of nitrogen functional groups attached to an aromatic ring is 1. The maximum atomic E-state index is 13.7. The van der Waals surface area contributed by atoms with Crippen LogP contribution >= 0.6 is 0 Å². The Morgan fingerprint density at radius 3 is 2.40 bits per heavy atom. The lowest BCUT2D eigenvalue weighted by atomic mass is 10.1. The molecule has 0 heterocycles. The van der Waals surface area contributed by atoms with E-state index in [9.17, 15) is 12.8 Å². The highest BCUT2D eigenvalue weighted by atomic mass is 32.2. The summed E-state index contributed by atoms with van der Waals surface area (Å²) in [5.74, 6) is -1.04. The van der Waals surface area contributed by atoms with Crippen LogP contribution in [0.5, 0.6) is 0 Å². The molecule has 0 spiro atoms. The number of sulfone groups is 1. The van der Waals surface area contributed by atoms with Gasteiger partial charge in [0.05, 0.1) is 10.6 Å². The van der Waals surface area contributed by atoms with E-state index in [4.69, 9.17) is 5.73 Å². The van der Waals surface area contributed by atoms with Crippen LogP contribution in [0.4, 0.5) is 10.1 Å². The summed E-state index contributed by atoms with van der Waals surface area (Å²) in [4.78, 5) is 0.184. The van der Waals surface area contributed by atoms with Crippen molar-refractivity contribution in [3.63, 3.8) is 0 Å². The topological polar surface area (TPSA) is 60.2 Å². The smallest absolute Gasteiger partial charge is 0.182 e. The molecule has 0 amide bonds. The van der Waals surface area contributed by atoms with Crippen molar-refractivity contribution in [1.29, 1.82) is 0 Å². The van der Waals surface area contributed by atoms with Gasteiger partial charge in [0.2, 0.25) is 0 Å². The molecular formula is C15H16FNO2S. The largest absolute Gasteiger partial charge is 0.398 e. The quantitative estimate of drug-likeness (QED) is 0.885. The molecule has 0 saturated heterocycles. The number of rotatable bonds is 3. The molecular weight excluding hydrogens is 277 g/mol. The van der Waals surface area contributed by atoms with Crippen molar-refractivity contribution in [1.82, 2.24) is 0 Å². The Morgan fingerprint density at radius 1 is 1.10 bits per heavy atom. The van der Waals surface area contributed by atoms with Crippen molar-refractivity contribution in [3.05, 3.63) is 58.9 Å². The summed E-state index contributed by atoms with van der Waals surface area (Å²) in [6.07, 6.45) is 0. The SMILES string of the molecule is Cc1ccc(S(=O)(=O)Cc2c(N)cccc2F)cc1C. The van der Waals surface area contributed by atoms with Gasteiger partial charge in [0.15, 0.2) is 9.84 Å². The number of anilines is 1. The number of nitrogens with two attached hydrogens (primary N) is 1. The highest BCUT2D eigenvalue weighted by molar-refractivity contribution is 7.90. The second-order valence-corrected chi connectivity index (χ2v) is 6.80. The van der Waals surface area contributed by atoms with Crippen LogP contribution in [-0.2, 0) is 15.6 Å². The van der Waals surface area contributed by atoms with E-state index in [-0.39, 0.29) is 16.1 Å². The molecule has 0 aromatic heterocycles. The van der Waals surface area contributed by atoms with Gasteiger partial charge in [-0.2, -0.15) is 0 Å². The number of benzene rings is 2. The van der Waals surface area contributed by atoms with Gasteiger partial charge in [-0.15, -0.1) is 0 Å². The Hall–Kier alpha value is -1.88. The fourth-order valence-electron chi connectivity index (χ4n) is 1.91. The van der Waals surface area contributed by atoms with Crippen molar-refractivity contribution in [2.24, 2.45) is 0 Å². The number of hydrogen-bond acceptors (Lipinski definition) is 3. The molecule has 0 radical (unpaired) electrons. The summed E-state index contributed by atoms with van der Waals surface area (Å²) in [7, 11) is -3.62. The third kappa shape index (κ3) is 2.82. The number of aryl methyl sites for hydroxylation is 2. The Kier molecular flexibility index (Phi) is 3.81. The Labute approximate surface area is 118 Å². The zero-order valence-corrected chi connectivity index (χ0v) is 12.2. The normalized spacial score (nSPS) is 11.6. The van der Waals surface area contributed by atoms with Crippen LogP contribution in [0, 0.1) is 19.7 Å². The predicted octanol–water partition coefficient (Wildman–Crippen LogP) is 3.00. The van der Waals surface area contributed by atoms with Crippen molar-refractivity contribution in [2.75, 3.05) is 5.73 Å². The van der Waals surface area contributed by atoms with Gasteiger partial charge in [-0.25, -0.2) is 12.8 Å². The zero-order chi connectivity index (χ0) is 14.9. The van der Waals surface area contributed by atoms with Crippen LogP contribution in [0.25, 0.3) is 0 Å². The minimum absolute atomic E-state index is 0.0192. The van der Waals surface area contributed by atoms with Gasteiger partial charge in [0.1, 0.15) is 5.82 Å². The lowest BCUT2D eigenvalue weighted by molar-refractivity contribution is 0.587. The van der Waals surface area contributed by atoms with Gasteiger partial charge in [0, 0.05) is 11.3 Å². The molecule has 0 aliphatic heterocycles. The first-order chi connectivity index (χ1) is 9.31. The minimum Gasteiger partial charge on any atom is -0.398 e. The molecule has 5 heteroatoms. The number of halogens is 1. The van der Waals surface area contributed by atoms with Crippen LogP contribution in [0.1, 0.15) is 16.7 Å². The van der Waals surface area contributed by atoms with Gasteiger partial charge in [-0.1, -0.05) is 12.1 Å². The average molecular weight is 293 g/mol. The lowest BCUT2D eigenvalue weighted by Gasteiger charge is -2.10. The zero-order valence-electron chi connectivity index (χ0n) is 11.4. The summed E-state index contributed by atoms with van der Waals surface area (Å²) in [6.45, 7) is 3.74. The van der Waals surface area contributed by atoms with Crippen molar-refractivity contribution in [3.8, 4) is 0 Å². The summed E-state index contributed by atoms with van der Waals surface area (Å²) >= 11 is 0. The van der Waals surface area contributed by atoms with Crippen LogP contribution in [0.2, 0.25) is 0 Å². The second kappa shape index (κ2) is 5.25. The molecule has 0 unspecified atom stereocenters. The first-order valence-corrected chi connectivity index (χ1v) is 7.79. The molecule has 0 atom stereocenters. The fourth-order valence-corrected chi connectivity index (χ4v) is 3.39. The Morgan fingerprint density at radius 2 is 1.80 bits per heavy atom. The van der Waals surface area contributed by atoms with Crippen LogP contribution in [0.15, 0.2) is 41.3 Å². The molecule has 0 saturated carbocycles. The first kappa shape index (κ1) is 14.5. The Balaban J connectivity index is 2.43. The summed E-state index contributed by atoms with van der Waals surface area (Å²) in [6, 6.07) is 9.04. The molecule has 0 aliphatic carbocycles. The molecule has 0 bridgehead atoms. The first-order valence-electron chi connectivity index (χ1n) is 6.14. The standard InChI is InChI=1S/C15H16FNO2S/c1-10-6-7-12(8-11(10)2)20(18,19)9-13-14(16)4-3-5-15(13)17/h3-8H,9,17H2,1-2H3. The maximum absolute atomic E-state index is 13.7. The van der Waals surface area contributed by atoms with E-state index in [1.807, 2.05) is 13.8 Å². The van der Waals surface area contributed by atoms with Gasteiger partial charge in [0.25, 0.3) is 0 Å². The molecule has 2 aromatic rings. The van der Waals surface area contributed by atoms with Crippen molar-refractivity contribution >= 4 is 15.5 Å². The summed E-state index contributed by atoms with van der Waals surface area (Å²) in [5, 5.41) is 0. The lowest BCUT2D eigenvalue weighted by Crippen LogP contribution is -2.09. The predicted molar refractivity (Wildman–Crippen MR) is 77.6 cm³/mol. The van der Waals surface area contributed by atoms with Gasteiger partial charge in [-0.3, -0.25) is 0 Å². The molecule has 2 aromatic carbocycles. The molecule has 106 valence electrons. The summed E-state index contributed by atoms with van der Waals surface area (Å²) < 4.78 is 38.4. The maximum Gasteiger partial charge on any atom is 0.182 e. The molecule has 0 aliphatic rings. The van der Waals surface area contributed by atoms with Crippen LogP contribution in [0.3, 0.4) is 0 Å². The van der Waals surface area contributed by atoms with Crippen molar-refractivity contribution < 1.29 is 12.8 Å². The highest BCUT2D eigenvalue weighted by Gasteiger charge is 2.19. The second-order valence-electron chi connectivity index (χ2n) is 4.81. The Bertz CT molecular complexity index is 734. The third-order valence-electron chi connectivity index (χ3n) is 3.33. The van der Waals surface area contributed by atoms with Gasteiger partial charge >= 0.3 is 0 Å². The third-order valence-corrected chi connectivity index (χ3v) is 4.97. The molecule has 0 fully saturated rings. The van der Waals surface area contributed by atoms with E-state index in [1.54, 1.807) is 12.1 Å². The van der Waals surface area contributed by atoms with E-state index < -0.39 is 21.4 Å². The minimum atomic E-state index is -3.62. The monoisotopic (exact) mass is 293 g/mol. The van der Waals surface area contributed by atoms with Crippen molar-refractivity contribution in [2.45, 2.75) is 24.5 Å². The van der Waals surface area contributed by atoms with Gasteiger partial charge < -0.3 is 5.73 Å². The average Bonchev–Trinajstić information content (AvgIpc) is 2.37. The molecule has 2 N–H and O–H groups in total. The van der Waals surface area contributed by atoms with Crippen LogP contribution < -0.4 is 5.73 Å². The highest BCUT2D eigenvalue weighted by Crippen LogP contribution is 2.24. The van der Waals surface area contributed by atoms with Gasteiger partial charge in [-0.05, 0) is 49.2 Å². The fraction of sp³-hybridized carbons (Fsp3) is 0.200. The molecule has 20 heavy (non-hydrogen) atoms. The van der Waals surface area contributed by atoms with E-state index in [0.717, 1.165) is 11.1 Å². The summed E-state index contributed by atoms with van der Waals surface area (Å²) in [5.41, 5.74) is 7.72. The van der Waals surface area contributed by atoms with E-state index in [2.05, 4.69) is 0 Å². The van der Waals surface area contributed by atoms with E-state index in [1.165, 1.54) is 24.3 Å². The van der Waals surface area contributed by atoms with E-state index in [0.29, 0.717) is 0 Å². The van der Waals surface area contributed by atoms with E-state index >= 15 is 0 Å². The molecule has 3 nitrogen and oxygen atoms in total. The number of hydrogen-bond donors (Lipinski definition) is 1. The molecule has 2 rings (SSSR count).